The number of rotatable bonds is 5. The highest BCUT2D eigenvalue weighted by molar-refractivity contribution is 6.05. The van der Waals surface area contributed by atoms with Crippen molar-refractivity contribution in [1.82, 2.24) is 14.7 Å². The average Bonchev–Trinajstić information content (AvgIpc) is 3.23. The van der Waals surface area contributed by atoms with Gasteiger partial charge in [0.2, 0.25) is 5.91 Å². The molecule has 29 heavy (non-hydrogen) atoms. The Balaban J connectivity index is 1.80. The fourth-order valence-corrected chi connectivity index (χ4v) is 3.68. The van der Waals surface area contributed by atoms with E-state index in [1.165, 1.54) is 0 Å². The summed E-state index contributed by atoms with van der Waals surface area (Å²) in [5, 5.41) is 14.1. The van der Waals surface area contributed by atoms with Crippen molar-refractivity contribution >= 4 is 28.4 Å². The molecule has 4 N–H and O–H groups in total. The molecule has 0 saturated heterocycles. The number of aromatic nitrogens is 2. The summed E-state index contributed by atoms with van der Waals surface area (Å²) < 4.78 is 1.55. The molecule has 3 aromatic rings. The van der Waals surface area contributed by atoms with E-state index in [1.54, 1.807) is 21.8 Å². The summed E-state index contributed by atoms with van der Waals surface area (Å²) in [4.78, 5) is 25.7. The summed E-state index contributed by atoms with van der Waals surface area (Å²) in [6, 6.07) is 11.3. The van der Waals surface area contributed by atoms with Crippen LogP contribution in [0.25, 0.3) is 22.0 Å². The third kappa shape index (κ3) is 3.08. The van der Waals surface area contributed by atoms with Crippen LogP contribution < -0.4 is 11.5 Å². The lowest BCUT2D eigenvalue weighted by Gasteiger charge is -2.14. The van der Waals surface area contributed by atoms with Gasteiger partial charge < -0.3 is 16.4 Å². The maximum atomic E-state index is 12.8. The Morgan fingerprint density at radius 1 is 1.28 bits per heavy atom. The zero-order valence-electron chi connectivity index (χ0n) is 15.6. The Bertz CT molecular complexity index is 1230. The number of nitriles is 1. The number of carbonyl (C=O) groups is 2. The molecule has 0 saturated carbocycles. The third-order valence-corrected chi connectivity index (χ3v) is 5.00. The highest BCUT2D eigenvalue weighted by Crippen LogP contribution is 2.37. The molecule has 0 spiro atoms. The van der Waals surface area contributed by atoms with Crippen LogP contribution in [0.15, 0.2) is 48.7 Å². The molecular formula is C21H18N6O2. The van der Waals surface area contributed by atoms with Crippen LogP contribution in [0, 0.1) is 11.3 Å². The molecule has 2 amide bonds. The van der Waals surface area contributed by atoms with Gasteiger partial charge in [0.1, 0.15) is 6.54 Å². The molecule has 0 unspecified atom stereocenters. The van der Waals surface area contributed by atoms with E-state index in [1.807, 2.05) is 30.3 Å². The first-order valence-corrected chi connectivity index (χ1v) is 8.91. The maximum Gasteiger partial charge on any atom is 0.256 e. The summed E-state index contributed by atoms with van der Waals surface area (Å²) in [6.07, 6.45) is 1.67. The van der Waals surface area contributed by atoms with Crippen molar-refractivity contribution in [3.63, 3.8) is 0 Å². The summed E-state index contributed by atoms with van der Waals surface area (Å²) in [5.41, 5.74) is 15.9. The molecule has 4 rings (SSSR count). The van der Waals surface area contributed by atoms with Gasteiger partial charge in [0.15, 0.2) is 0 Å². The molecule has 1 aliphatic heterocycles. The normalized spacial score (nSPS) is 12.8. The molecule has 8 heteroatoms. The van der Waals surface area contributed by atoms with E-state index in [0.29, 0.717) is 23.4 Å². The lowest BCUT2D eigenvalue weighted by Crippen LogP contribution is -2.26. The fraction of sp³-hybridized carbons (Fsp3) is 0.143. The predicted octanol–water partition coefficient (Wildman–Crippen LogP) is 1.81. The van der Waals surface area contributed by atoms with Crippen molar-refractivity contribution in [3.8, 4) is 17.2 Å². The number of primary amides is 1. The minimum absolute atomic E-state index is 0.0185. The van der Waals surface area contributed by atoms with E-state index < -0.39 is 5.91 Å². The van der Waals surface area contributed by atoms with Gasteiger partial charge in [-0.1, -0.05) is 24.8 Å². The van der Waals surface area contributed by atoms with E-state index in [0.717, 1.165) is 27.6 Å². The number of nitrogen functional groups attached to an aromatic ring is 1. The van der Waals surface area contributed by atoms with Crippen molar-refractivity contribution in [1.29, 1.82) is 5.26 Å². The SMILES string of the molecule is C=C(C#N)CN1Cc2c(-c3ccc4cnn(CC(N)=O)c4c3)ccc(N)c2C1=O. The maximum absolute atomic E-state index is 12.8. The average molecular weight is 386 g/mol. The van der Waals surface area contributed by atoms with E-state index >= 15 is 0 Å². The minimum atomic E-state index is -0.479. The van der Waals surface area contributed by atoms with Crippen LogP contribution in [0.1, 0.15) is 15.9 Å². The number of amides is 2. The number of anilines is 1. The smallest absolute Gasteiger partial charge is 0.256 e. The topological polar surface area (TPSA) is 131 Å². The van der Waals surface area contributed by atoms with Gasteiger partial charge in [-0.05, 0) is 28.8 Å². The quantitative estimate of drug-likeness (QED) is 0.510. The lowest BCUT2D eigenvalue weighted by molar-refractivity contribution is -0.118. The second-order valence-electron chi connectivity index (χ2n) is 6.97. The van der Waals surface area contributed by atoms with E-state index in [2.05, 4.69) is 11.7 Å². The number of hydrogen-bond donors (Lipinski definition) is 2. The number of nitrogens with two attached hydrogens (primary N) is 2. The summed E-state index contributed by atoms with van der Waals surface area (Å²) in [7, 11) is 0. The molecule has 1 aliphatic rings. The van der Waals surface area contributed by atoms with Crippen molar-refractivity contribution in [2.45, 2.75) is 13.1 Å². The Hall–Kier alpha value is -4.12. The second-order valence-corrected chi connectivity index (χ2v) is 6.97. The Kier molecular flexibility index (Phi) is 4.28. The number of hydrogen-bond acceptors (Lipinski definition) is 5. The van der Waals surface area contributed by atoms with Gasteiger partial charge in [0.05, 0.1) is 29.9 Å². The van der Waals surface area contributed by atoms with Gasteiger partial charge in [-0.3, -0.25) is 14.3 Å². The Morgan fingerprint density at radius 3 is 2.79 bits per heavy atom. The van der Waals surface area contributed by atoms with Crippen LogP contribution in [0.2, 0.25) is 0 Å². The van der Waals surface area contributed by atoms with E-state index in [4.69, 9.17) is 16.7 Å². The summed E-state index contributed by atoms with van der Waals surface area (Å²) in [5.74, 6) is -0.691. The van der Waals surface area contributed by atoms with Crippen molar-refractivity contribution in [2.75, 3.05) is 12.3 Å². The number of carbonyl (C=O) groups excluding carboxylic acids is 2. The highest BCUT2D eigenvalue weighted by Gasteiger charge is 2.32. The van der Waals surface area contributed by atoms with Gasteiger partial charge in [0, 0.05) is 23.2 Å². The van der Waals surface area contributed by atoms with Crippen LogP contribution in [0.5, 0.6) is 0 Å². The second kappa shape index (κ2) is 6.80. The molecule has 144 valence electrons. The van der Waals surface area contributed by atoms with Crippen molar-refractivity contribution in [3.05, 3.63) is 59.8 Å². The van der Waals surface area contributed by atoms with Crippen LogP contribution >= 0.6 is 0 Å². The van der Waals surface area contributed by atoms with Crippen LogP contribution in [-0.2, 0) is 17.9 Å². The third-order valence-electron chi connectivity index (χ3n) is 5.00. The first kappa shape index (κ1) is 18.3. The van der Waals surface area contributed by atoms with Crippen LogP contribution in [0.3, 0.4) is 0 Å². The molecule has 2 heterocycles. The Morgan fingerprint density at radius 2 is 2.07 bits per heavy atom. The van der Waals surface area contributed by atoms with Gasteiger partial charge in [0.25, 0.3) is 5.91 Å². The molecule has 0 fully saturated rings. The number of fused-ring (bicyclic) bond motifs is 2. The van der Waals surface area contributed by atoms with Gasteiger partial charge in [-0.25, -0.2) is 0 Å². The minimum Gasteiger partial charge on any atom is -0.398 e. The molecule has 0 bridgehead atoms. The van der Waals surface area contributed by atoms with Gasteiger partial charge >= 0.3 is 0 Å². The highest BCUT2D eigenvalue weighted by atomic mass is 16.2. The molecule has 0 aliphatic carbocycles. The molecule has 8 nitrogen and oxygen atoms in total. The first-order chi connectivity index (χ1) is 13.9. The van der Waals surface area contributed by atoms with Crippen molar-refractivity contribution < 1.29 is 9.59 Å². The first-order valence-electron chi connectivity index (χ1n) is 8.91. The summed E-state index contributed by atoms with van der Waals surface area (Å²) >= 11 is 0. The lowest BCUT2D eigenvalue weighted by atomic mass is 9.95. The van der Waals surface area contributed by atoms with Crippen molar-refractivity contribution in [2.24, 2.45) is 5.73 Å². The molecule has 1 aromatic heterocycles. The number of nitrogens with zero attached hydrogens (tertiary/aromatic N) is 4. The zero-order chi connectivity index (χ0) is 20.7. The van der Waals surface area contributed by atoms with E-state index in [9.17, 15) is 9.59 Å². The molecule has 0 radical (unpaired) electrons. The van der Waals surface area contributed by atoms with Crippen LogP contribution in [0.4, 0.5) is 5.69 Å². The molecular weight excluding hydrogens is 368 g/mol. The number of benzene rings is 2. The van der Waals surface area contributed by atoms with Crippen LogP contribution in [-0.4, -0.2) is 33.0 Å². The van der Waals surface area contributed by atoms with Gasteiger partial charge in [-0.2, -0.15) is 10.4 Å². The zero-order valence-corrected chi connectivity index (χ0v) is 15.6. The van der Waals surface area contributed by atoms with Gasteiger partial charge in [-0.15, -0.1) is 0 Å². The summed E-state index contributed by atoms with van der Waals surface area (Å²) in [6.45, 7) is 4.15. The van der Waals surface area contributed by atoms with E-state index in [-0.39, 0.29) is 19.0 Å². The fourth-order valence-electron chi connectivity index (χ4n) is 3.68. The predicted molar refractivity (Wildman–Crippen MR) is 108 cm³/mol. The molecule has 0 atom stereocenters. The standard InChI is InChI=1S/C21H18N6O2/c1-12(7-22)9-26-10-16-15(4-5-17(23)20(16)21(26)29)13-2-3-14-8-25-27(11-19(24)28)18(14)6-13/h2-6,8H,1,9-11,23H2,(H2,24,28). The largest absolute Gasteiger partial charge is 0.398 e. The Labute approximate surface area is 166 Å². The monoisotopic (exact) mass is 386 g/mol. The molecule has 2 aromatic carbocycles.